The maximum atomic E-state index is 13.4. The van der Waals surface area contributed by atoms with Crippen LogP contribution in [0, 0.1) is 0 Å². The molecule has 3 amide bonds. The number of amides is 3. The highest BCUT2D eigenvalue weighted by atomic mass is 32.2. The zero-order valence-electron chi connectivity index (χ0n) is 18.1. The number of hydrogen-bond acceptors (Lipinski definition) is 5. The number of benzene rings is 1. The van der Waals surface area contributed by atoms with E-state index in [2.05, 4.69) is 0 Å². The Bertz CT molecular complexity index is 921. The molecular weight excluding hydrogens is 430 g/mol. The molecule has 1 aromatic rings. The minimum Gasteiger partial charge on any atom is -0.333 e. The number of carbonyl (C=O) groups is 4. The van der Waals surface area contributed by atoms with E-state index in [-0.39, 0.29) is 35.8 Å². The highest BCUT2D eigenvalue weighted by molar-refractivity contribution is 7.85. The van der Waals surface area contributed by atoms with E-state index in [1.54, 1.807) is 39.0 Å². The molecule has 0 radical (unpaired) electrons. The van der Waals surface area contributed by atoms with E-state index in [0.29, 0.717) is 50.2 Å². The molecule has 0 saturated carbocycles. The second kappa shape index (κ2) is 9.94. The molecule has 1 aromatic carbocycles. The van der Waals surface area contributed by atoms with E-state index in [0.717, 1.165) is 12.8 Å². The van der Waals surface area contributed by atoms with Crippen molar-refractivity contribution in [1.82, 2.24) is 14.7 Å². The summed E-state index contributed by atoms with van der Waals surface area (Å²) in [5.74, 6) is -0.745. The van der Waals surface area contributed by atoms with Crippen molar-refractivity contribution in [2.75, 3.05) is 31.9 Å². The summed E-state index contributed by atoms with van der Waals surface area (Å²) in [4.78, 5) is 56.3. The number of rotatable bonds is 7. The molecule has 3 saturated heterocycles. The molecule has 3 heterocycles. The molecule has 3 aliphatic rings. The van der Waals surface area contributed by atoms with Crippen LogP contribution < -0.4 is 0 Å². The number of hydrogen-bond donors (Lipinski definition) is 0. The summed E-state index contributed by atoms with van der Waals surface area (Å²) >= 11 is 0. The molecule has 3 aliphatic heterocycles. The van der Waals surface area contributed by atoms with Gasteiger partial charge in [-0.1, -0.05) is 18.2 Å². The summed E-state index contributed by atoms with van der Waals surface area (Å²) in [6.07, 6.45) is 3.78. The van der Waals surface area contributed by atoms with Crippen LogP contribution in [0.4, 0.5) is 0 Å². The number of nitrogens with zero attached hydrogens (tertiary/aromatic N) is 3. The van der Waals surface area contributed by atoms with Gasteiger partial charge in [-0.3, -0.25) is 23.4 Å². The van der Waals surface area contributed by atoms with Crippen LogP contribution in [0.25, 0.3) is 0 Å². The van der Waals surface area contributed by atoms with Gasteiger partial charge in [0.05, 0.1) is 29.1 Å². The molecule has 3 atom stereocenters. The highest BCUT2D eigenvalue weighted by Crippen LogP contribution is 2.26. The topological polar surface area (TPSA) is 95.1 Å². The Morgan fingerprint density at radius 1 is 0.906 bits per heavy atom. The Kier molecular flexibility index (Phi) is 7.03. The van der Waals surface area contributed by atoms with Crippen molar-refractivity contribution in [2.45, 2.75) is 55.5 Å². The molecule has 1 unspecified atom stereocenters. The fourth-order valence-electron chi connectivity index (χ4n) is 4.88. The van der Waals surface area contributed by atoms with Crippen molar-refractivity contribution in [1.29, 1.82) is 0 Å². The lowest BCUT2D eigenvalue weighted by molar-refractivity contribution is -0.147. The van der Waals surface area contributed by atoms with E-state index >= 15 is 0 Å². The van der Waals surface area contributed by atoms with Gasteiger partial charge in [-0.25, -0.2) is 0 Å². The fraction of sp³-hybridized carbons (Fsp3) is 0.565. The van der Waals surface area contributed by atoms with Crippen LogP contribution in [0.5, 0.6) is 0 Å². The van der Waals surface area contributed by atoms with Gasteiger partial charge in [-0.2, -0.15) is 0 Å². The Hall–Kier alpha value is -2.55. The lowest BCUT2D eigenvalue weighted by atomic mass is 10.1. The monoisotopic (exact) mass is 459 g/mol. The summed E-state index contributed by atoms with van der Waals surface area (Å²) in [6, 6.07) is 7.67. The smallest absolute Gasteiger partial charge is 0.245 e. The molecule has 9 heteroatoms. The summed E-state index contributed by atoms with van der Waals surface area (Å²) < 4.78 is 12.6. The standard InChI is InChI=1S/C23H29N3O5S/c27-20(16-32(31)17-7-2-1-3-8-17)18-9-4-14-26(18)23(30)19-10-5-13-25(19)22(29)15-24-12-6-11-21(24)28/h1-3,7-8,18-19H,4-6,9-16H2/t18-,19+,32?/m0/s1. The fourth-order valence-corrected chi connectivity index (χ4v) is 5.96. The second-order valence-corrected chi connectivity index (χ2v) is 10.1. The van der Waals surface area contributed by atoms with Crippen molar-refractivity contribution in [3.63, 3.8) is 0 Å². The second-order valence-electron chi connectivity index (χ2n) is 8.62. The lowest BCUT2D eigenvalue weighted by Gasteiger charge is -2.31. The summed E-state index contributed by atoms with van der Waals surface area (Å²) in [7, 11) is -1.45. The number of ketones is 1. The molecule has 0 aromatic heterocycles. The maximum Gasteiger partial charge on any atom is 0.245 e. The first-order valence-electron chi connectivity index (χ1n) is 11.3. The van der Waals surface area contributed by atoms with Gasteiger partial charge in [0.15, 0.2) is 5.78 Å². The Labute approximate surface area is 190 Å². The molecule has 172 valence electrons. The molecule has 0 aliphatic carbocycles. The van der Waals surface area contributed by atoms with Crippen LogP contribution in [-0.2, 0) is 30.0 Å². The predicted octanol–water partition coefficient (Wildman–Crippen LogP) is 0.968. The molecule has 0 N–H and O–H groups in total. The first-order chi connectivity index (χ1) is 15.5. The van der Waals surface area contributed by atoms with Crippen molar-refractivity contribution in [3.05, 3.63) is 30.3 Å². The average molecular weight is 460 g/mol. The molecule has 4 rings (SSSR count). The van der Waals surface area contributed by atoms with Crippen molar-refractivity contribution in [3.8, 4) is 0 Å². The van der Waals surface area contributed by atoms with Crippen LogP contribution in [0.1, 0.15) is 38.5 Å². The largest absolute Gasteiger partial charge is 0.333 e. The van der Waals surface area contributed by atoms with Crippen LogP contribution in [0.2, 0.25) is 0 Å². The molecule has 0 spiro atoms. The van der Waals surface area contributed by atoms with Gasteiger partial charge in [-0.05, 0) is 44.2 Å². The Balaban J connectivity index is 1.39. The van der Waals surface area contributed by atoms with Gasteiger partial charge in [0.2, 0.25) is 17.7 Å². The minimum absolute atomic E-state index is 0.0149. The molecular formula is C23H29N3O5S. The van der Waals surface area contributed by atoms with Crippen molar-refractivity contribution >= 4 is 34.3 Å². The van der Waals surface area contributed by atoms with Crippen LogP contribution in [0.15, 0.2) is 35.2 Å². The predicted molar refractivity (Wildman–Crippen MR) is 118 cm³/mol. The van der Waals surface area contributed by atoms with Gasteiger partial charge in [0.1, 0.15) is 6.04 Å². The van der Waals surface area contributed by atoms with Gasteiger partial charge >= 0.3 is 0 Å². The van der Waals surface area contributed by atoms with Gasteiger partial charge in [0, 0.05) is 31.0 Å². The highest BCUT2D eigenvalue weighted by Gasteiger charge is 2.42. The van der Waals surface area contributed by atoms with Crippen molar-refractivity contribution < 1.29 is 23.4 Å². The molecule has 3 fully saturated rings. The first-order valence-corrected chi connectivity index (χ1v) is 12.6. The van der Waals surface area contributed by atoms with E-state index in [1.165, 1.54) is 0 Å². The normalized spacial score (nSPS) is 24.2. The third kappa shape index (κ3) is 4.77. The number of carbonyl (C=O) groups excluding carboxylic acids is 4. The van der Waals surface area contributed by atoms with Crippen LogP contribution in [0.3, 0.4) is 0 Å². The van der Waals surface area contributed by atoms with E-state index in [4.69, 9.17) is 0 Å². The zero-order valence-corrected chi connectivity index (χ0v) is 18.9. The summed E-state index contributed by atoms with van der Waals surface area (Å²) in [5, 5.41) is 0. The van der Waals surface area contributed by atoms with Gasteiger partial charge < -0.3 is 14.7 Å². The molecule has 8 nitrogen and oxygen atoms in total. The summed E-state index contributed by atoms with van der Waals surface area (Å²) in [6.45, 7) is 1.55. The van der Waals surface area contributed by atoms with Crippen LogP contribution in [-0.4, -0.2) is 86.4 Å². The van der Waals surface area contributed by atoms with Gasteiger partial charge in [-0.15, -0.1) is 0 Å². The third-order valence-corrected chi connectivity index (χ3v) is 7.89. The maximum absolute atomic E-state index is 13.4. The first kappa shape index (κ1) is 22.6. The Morgan fingerprint density at radius 3 is 2.28 bits per heavy atom. The third-order valence-electron chi connectivity index (χ3n) is 6.54. The lowest BCUT2D eigenvalue weighted by Crippen LogP contribution is -2.53. The quantitative estimate of drug-likeness (QED) is 0.606. The average Bonchev–Trinajstić information content (AvgIpc) is 3.55. The molecule has 0 bridgehead atoms. The number of Topliss-reactive ketones (excluding diaryl/α,β-unsaturated/α-hetero) is 1. The van der Waals surface area contributed by atoms with Gasteiger partial charge in [0.25, 0.3) is 0 Å². The Morgan fingerprint density at radius 2 is 1.59 bits per heavy atom. The van der Waals surface area contributed by atoms with E-state index in [9.17, 15) is 23.4 Å². The SMILES string of the molecule is O=C(CS(=O)c1ccccc1)[C@@H]1CCCN1C(=O)[C@H]1CCCN1C(=O)CN1CCCC1=O. The van der Waals surface area contributed by atoms with Crippen LogP contribution >= 0.6 is 0 Å². The zero-order chi connectivity index (χ0) is 22.7. The van der Waals surface area contributed by atoms with Crippen molar-refractivity contribution in [2.24, 2.45) is 0 Å². The van der Waals surface area contributed by atoms with E-state index in [1.807, 2.05) is 6.07 Å². The summed E-state index contributed by atoms with van der Waals surface area (Å²) in [5.41, 5.74) is 0. The van der Waals surface area contributed by atoms with E-state index < -0.39 is 22.9 Å². The number of likely N-dealkylation sites (tertiary alicyclic amines) is 3. The molecule has 32 heavy (non-hydrogen) atoms. The minimum atomic E-state index is -1.45.